The molecule has 2 rings (SSSR count). The van der Waals surface area contributed by atoms with Crippen molar-refractivity contribution in [3.8, 4) is 0 Å². The van der Waals surface area contributed by atoms with Gasteiger partial charge in [-0.1, -0.05) is 38.1 Å². The van der Waals surface area contributed by atoms with Gasteiger partial charge in [0, 0.05) is 29.1 Å². The number of fused-ring (bicyclic) bond motifs is 1. The van der Waals surface area contributed by atoms with Crippen LogP contribution in [-0.4, -0.2) is 21.1 Å². The van der Waals surface area contributed by atoms with E-state index in [1.165, 1.54) is 0 Å². The minimum absolute atomic E-state index is 0.444. The van der Waals surface area contributed by atoms with Gasteiger partial charge in [0.1, 0.15) is 0 Å². The summed E-state index contributed by atoms with van der Waals surface area (Å²) in [5, 5.41) is 12.9. The van der Waals surface area contributed by atoms with Gasteiger partial charge in [-0.25, -0.2) is 0 Å². The quantitative estimate of drug-likeness (QED) is 0.898. The normalized spacial score (nSPS) is 13.2. The zero-order valence-corrected chi connectivity index (χ0v) is 10.9. The fourth-order valence-corrected chi connectivity index (χ4v) is 2.53. The number of hydrogen-bond acceptors (Lipinski definition) is 3. The van der Waals surface area contributed by atoms with Crippen molar-refractivity contribution in [1.82, 2.24) is 4.98 Å². The fraction of sp³-hybridized carbons (Fsp3) is 0.357. The van der Waals surface area contributed by atoms with Crippen molar-refractivity contribution >= 4 is 22.5 Å². The summed E-state index contributed by atoms with van der Waals surface area (Å²) in [6.07, 6.45) is 3.16. The third kappa shape index (κ3) is 2.99. The highest BCUT2D eigenvalue weighted by Crippen LogP contribution is 2.26. The Morgan fingerprint density at radius 1 is 1.24 bits per heavy atom. The molecule has 0 spiro atoms. The predicted molar refractivity (Wildman–Crippen MR) is 74.3 cm³/mol. The molecule has 0 fully saturated rings. The Labute approximate surface area is 106 Å². The van der Waals surface area contributed by atoms with Gasteiger partial charge in [-0.15, -0.1) is 0 Å². The molecule has 1 unspecified atom stereocenters. The average molecular weight is 247 g/mol. The Morgan fingerprint density at radius 2 is 2.00 bits per heavy atom. The molecule has 1 N–H and O–H groups in total. The Hall–Kier alpha value is -1.06. The Bertz CT molecular complexity index is 493. The van der Waals surface area contributed by atoms with Crippen molar-refractivity contribution in [2.24, 2.45) is 0 Å². The van der Waals surface area contributed by atoms with Crippen LogP contribution in [0.15, 0.2) is 36.7 Å². The summed E-state index contributed by atoms with van der Waals surface area (Å²) < 4.78 is 0. The van der Waals surface area contributed by atoms with Gasteiger partial charge in [0.15, 0.2) is 0 Å². The first-order valence-corrected chi connectivity index (χ1v) is 6.85. The highest BCUT2D eigenvalue weighted by Gasteiger charge is 2.12. The van der Waals surface area contributed by atoms with Crippen molar-refractivity contribution in [2.45, 2.75) is 25.2 Å². The minimum Gasteiger partial charge on any atom is -0.387 e. The number of nitrogens with zero attached hydrogens (tertiary/aromatic N) is 1. The molecule has 0 aliphatic heterocycles. The molecule has 90 valence electrons. The van der Waals surface area contributed by atoms with Crippen molar-refractivity contribution < 1.29 is 5.11 Å². The molecule has 0 saturated heterocycles. The van der Waals surface area contributed by atoms with Gasteiger partial charge in [0.05, 0.1) is 6.10 Å². The molecule has 17 heavy (non-hydrogen) atoms. The molecule has 0 saturated carbocycles. The Kier molecular flexibility index (Phi) is 4.02. The summed E-state index contributed by atoms with van der Waals surface area (Å²) in [5.74, 6) is 0.716. The van der Waals surface area contributed by atoms with Crippen molar-refractivity contribution in [3.05, 3.63) is 42.2 Å². The lowest BCUT2D eigenvalue weighted by Crippen LogP contribution is -2.04. The lowest BCUT2D eigenvalue weighted by molar-refractivity contribution is 0.205. The predicted octanol–water partition coefficient (Wildman–Crippen LogP) is 3.41. The van der Waals surface area contributed by atoms with Crippen molar-refractivity contribution in [1.29, 1.82) is 0 Å². The molecule has 0 bridgehead atoms. The molecule has 1 heterocycles. The third-order valence-electron chi connectivity index (χ3n) is 2.65. The largest absolute Gasteiger partial charge is 0.387 e. The van der Waals surface area contributed by atoms with Crippen LogP contribution in [0.5, 0.6) is 0 Å². The van der Waals surface area contributed by atoms with E-state index in [2.05, 4.69) is 18.8 Å². The van der Waals surface area contributed by atoms with Crippen LogP contribution in [0.2, 0.25) is 0 Å². The number of rotatable bonds is 4. The van der Waals surface area contributed by atoms with Gasteiger partial charge in [-0.2, -0.15) is 11.8 Å². The molecule has 0 radical (unpaired) electrons. The molecule has 3 heteroatoms. The van der Waals surface area contributed by atoms with Crippen molar-refractivity contribution in [2.75, 3.05) is 5.75 Å². The SMILES string of the molecule is CC(C)SCC(O)c1cncc2ccccc12. The number of aromatic nitrogens is 1. The average Bonchev–Trinajstić information content (AvgIpc) is 2.35. The summed E-state index contributed by atoms with van der Waals surface area (Å²) in [4.78, 5) is 4.19. The Morgan fingerprint density at radius 3 is 2.76 bits per heavy atom. The zero-order chi connectivity index (χ0) is 12.3. The highest BCUT2D eigenvalue weighted by molar-refractivity contribution is 7.99. The molecule has 0 aliphatic rings. The van der Waals surface area contributed by atoms with E-state index in [1.54, 1.807) is 18.0 Å². The molecule has 2 aromatic rings. The number of aliphatic hydroxyl groups excluding tert-OH is 1. The van der Waals surface area contributed by atoms with E-state index in [4.69, 9.17) is 0 Å². The van der Waals surface area contributed by atoms with Gasteiger partial charge in [-0.05, 0) is 10.6 Å². The highest BCUT2D eigenvalue weighted by atomic mass is 32.2. The van der Waals surface area contributed by atoms with Crippen LogP contribution in [-0.2, 0) is 0 Å². The van der Waals surface area contributed by atoms with Crippen LogP contribution in [0.1, 0.15) is 25.5 Å². The summed E-state index contributed by atoms with van der Waals surface area (Å²) in [5.41, 5.74) is 0.927. The number of benzene rings is 1. The second-order valence-electron chi connectivity index (χ2n) is 4.35. The standard InChI is InChI=1S/C14H17NOS/c1-10(2)17-9-14(16)13-8-15-7-11-5-3-4-6-12(11)13/h3-8,10,14,16H,9H2,1-2H3. The summed E-state index contributed by atoms with van der Waals surface area (Å²) >= 11 is 1.76. The number of hydrogen-bond donors (Lipinski definition) is 1. The van der Waals surface area contributed by atoms with E-state index in [-0.39, 0.29) is 0 Å². The fourth-order valence-electron chi connectivity index (χ4n) is 1.78. The van der Waals surface area contributed by atoms with Crippen LogP contribution >= 0.6 is 11.8 Å². The maximum Gasteiger partial charge on any atom is 0.0901 e. The molecule has 2 nitrogen and oxygen atoms in total. The molecular weight excluding hydrogens is 230 g/mol. The smallest absolute Gasteiger partial charge is 0.0901 e. The van der Waals surface area contributed by atoms with Gasteiger partial charge >= 0.3 is 0 Å². The van der Waals surface area contributed by atoms with Gasteiger partial charge in [-0.3, -0.25) is 4.98 Å². The summed E-state index contributed by atoms with van der Waals surface area (Å²) in [7, 11) is 0. The van der Waals surface area contributed by atoms with E-state index >= 15 is 0 Å². The molecule has 1 aromatic carbocycles. The third-order valence-corrected chi connectivity index (χ3v) is 3.82. The first kappa shape index (κ1) is 12.4. The monoisotopic (exact) mass is 247 g/mol. The molecule has 1 atom stereocenters. The second-order valence-corrected chi connectivity index (χ2v) is 5.96. The van der Waals surface area contributed by atoms with Crippen LogP contribution < -0.4 is 0 Å². The number of thioether (sulfide) groups is 1. The topological polar surface area (TPSA) is 33.1 Å². The van der Waals surface area contributed by atoms with E-state index in [1.807, 2.05) is 30.5 Å². The maximum absolute atomic E-state index is 10.2. The summed E-state index contributed by atoms with van der Waals surface area (Å²) in [6.45, 7) is 4.28. The number of pyridine rings is 1. The van der Waals surface area contributed by atoms with E-state index in [0.717, 1.165) is 16.3 Å². The first-order chi connectivity index (χ1) is 8.18. The summed E-state index contributed by atoms with van der Waals surface area (Å²) in [6, 6.07) is 8.04. The van der Waals surface area contributed by atoms with Crippen LogP contribution in [0, 0.1) is 0 Å². The maximum atomic E-state index is 10.2. The molecule has 0 aliphatic carbocycles. The second kappa shape index (κ2) is 5.52. The van der Waals surface area contributed by atoms with Crippen molar-refractivity contribution in [3.63, 3.8) is 0 Å². The van der Waals surface area contributed by atoms with Gasteiger partial charge in [0.25, 0.3) is 0 Å². The Balaban J connectivity index is 2.28. The van der Waals surface area contributed by atoms with Crippen LogP contribution in [0.4, 0.5) is 0 Å². The van der Waals surface area contributed by atoms with E-state index in [9.17, 15) is 5.11 Å². The molecular formula is C14H17NOS. The van der Waals surface area contributed by atoms with Crippen LogP contribution in [0.25, 0.3) is 10.8 Å². The lowest BCUT2D eigenvalue weighted by atomic mass is 10.0. The van der Waals surface area contributed by atoms with Gasteiger partial charge in [0.2, 0.25) is 0 Å². The zero-order valence-electron chi connectivity index (χ0n) is 10.1. The minimum atomic E-state index is -0.444. The molecule has 0 amide bonds. The van der Waals surface area contributed by atoms with E-state index in [0.29, 0.717) is 11.0 Å². The van der Waals surface area contributed by atoms with E-state index < -0.39 is 6.10 Å². The molecule has 1 aromatic heterocycles. The number of aliphatic hydroxyl groups is 1. The first-order valence-electron chi connectivity index (χ1n) is 5.81. The lowest BCUT2D eigenvalue weighted by Gasteiger charge is -2.14. The van der Waals surface area contributed by atoms with Crippen LogP contribution in [0.3, 0.4) is 0 Å². The van der Waals surface area contributed by atoms with Gasteiger partial charge < -0.3 is 5.11 Å².